The van der Waals surface area contributed by atoms with Crippen molar-refractivity contribution in [1.82, 2.24) is 9.97 Å². The maximum Gasteiger partial charge on any atom is 0.135 e. The molecule has 2 aromatic rings. The standard InChI is InChI=1S/C14H16ClN3/c1-2-7-16-13-6-8-17-14(18-13)10-11-4-3-5-12(15)9-11/h3-6,8-9H,2,7,10H2,1H3,(H,16,17,18). The molecule has 1 N–H and O–H groups in total. The average Bonchev–Trinajstić information content (AvgIpc) is 2.37. The summed E-state index contributed by atoms with van der Waals surface area (Å²) in [5.41, 5.74) is 1.12. The Morgan fingerprint density at radius 1 is 1.28 bits per heavy atom. The molecule has 1 aromatic heterocycles. The van der Waals surface area contributed by atoms with Crippen molar-refractivity contribution in [2.45, 2.75) is 19.8 Å². The summed E-state index contributed by atoms with van der Waals surface area (Å²) in [6, 6.07) is 9.66. The van der Waals surface area contributed by atoms with E-state index in [-0.39, 0.29) is 0 Å². The van der Waals surface area contributed by atoms with Gasteiger partial charge in [0.25, 0.3) is 0 Å². The molecule has 0 amide bonds. The predicted molar refractivity (Wildman–Crippen MR) is 75.1 cm³/mol. The SMILES string of the molecule is CCCNc1ccnc(Cc2cccc(Cl)c2)n1. The van der Waals surface area contributed by atoms with E-state index in [0.29, 0.717) is 6.42 Å². The molecule has 3 nitrogen and oxygen atoms in total. The maximum atomic E-state index is 5.96. The minimum Gasteiger partial charge on any atom is -0.370 e. The van der Waals surface area contributed by atoms with Crippen molar-refractivity contribution < 1.29 is 0 Å². The summed E-state index contributed by atoms with van der Waals surface area (Å²) in [7, 11) is 0. The lowest BCUT2D eigenvalue weighted by Crippen LogP contribution is -2.05. The Morgan fingerprint density at radius 2 is 2.17 bits per heavy atom. The highest BCUT2D eigenvalue weighted by molar-refractivity contribution is 6.30. The number of nitrogens with one attached hydrogen (secondary N) is 1. The van der Waals surface area contributed by atoms with Gasteiger partial charge in [0, 0.05) is 24.2 Å². The molecule has 0 saturated heterocycles. The Labute approximate surface area is 112 Å². The van der Waals surface area contributed by atoms with Crippen LogP contribution in [-0.4, -0.2) is 16.5 Å². The van der Waals surface area contributed by atoms with Crippen LogP contribution in [0.5, 0.6) is 0 Å². The number of nitrogens with zero attached hydrogens (tertiary/aromatic N) is 2. The first-order valence-electron chi connectivity index (χ1n) is 6.08. The van der Waals surface area contributed by atoms with Gasteiger partial charge in [0.1, 0.15) is 11.6 Å². The van der Waals surface area contributed by atoms with Gasteiger partial charge >= 0.3 is 0 Å². The van der Waals surface area contributed by atoms with Gasteiger partial charge in [-0.25, -0.2) is 9.97 Å². The van der Waals surface area contributed by atoms with Gasteiger partial charge in [-0.15, -0.1) is 0 Å². The quantitative estimate of drug-likeness (QED) is 0.895. The van der Waals surface area contributed by atoms with Crippen molar-refractivity contribution >= 4 is 17.4 Å². The second-order valence-corrected chi connectivity index (χ2v) is 4.53. The average molecular weight is 262 g/mol. The van der Waals surface area contributed by atoms with E-state index in [9.17, 15) is 0 Å². The molecule has 94 valence electrons. The zero-order valence-electron chi connectivity index (χ0n) is 10.4. The third kappa shape index (κ3) is 3.70. The molecule has 1 heterocycles. The number of aromatic nitrogens is 2. The van der Waals surface area contributed by atoms with Crippen molar-refractivity contribution in [2.75, 3.05) is 11.9 Å². The van der Waals surface area contributed by atoms with E-state index in [1.165, 1.54) is 0 Å². The summed E-state index contributed by atoms with van der Waals surface area (Å²) >= 11 is 5.96. The highest BCUT2D eigenvalue weighted by Gasteiger charge is 2.01. The normalized spacial score (nSPS) is 10.3. The minimum absolute atomic E-state index is 0.697. The van der Waals surface area contributed by atoms with Crippen LogP contribution in [0.15, 0.2) is 36.5 Å². The lowest BCUT2D eigenvalue weighted by molar-refractivity contribution is 0.932. The summed E-state index contributed by atoms with van der Waals surface area (Å²) in [6.45, 7) is 3.05. The molecule has 18 heavy (non-hydrogen) atoms. The Morgan fingerprint density at radius 3 is 2.94 bits per heavy atom. The zero-order chi connectivity index (χ0) is 12.8. The Bertz CT molecular complexity index is 514. The number of anilines is 1. The second kappa shape index (κ2) is 6.36. The van der Waals surface area contributed by atoms with Gasteiger partial charge in [-0.2, -0.15) is 0 Å². The van der Waals surface area contributed by atoms with E-state index in [4.69, 9.17) is 11.6 Å². The van der Waals surface area contributed by atoms with Crippen molar-refractivity contribution in [3.63, 3.8) is 0 Å². The van der Waals surface area contributed by atoms with Crippen LogP contribution in [0.2, 0.25) is 5.02 Å². The topological polar surface area (TPSA) is 37.8 Å². The molecule has 0 aliphatic heterocycles. The summed E-state index contributed by atoms with van der Waals surface area (Å²) in [5.74, 6) is 1.68. The van der Waals surface area contributed by atoms with Gasteiger partial charge in [0.2, 0.25) is 0 Å². The van der Waals surface area contributed by atoms with Gasteiger partial charge in [-0.1, -0.05) is 30.7 Å². The van der Waals surface area contributed by atoms with Crippen molar-refractivity contribution in [3.8, 4) is 0 Å². The molecule has 0 spiro atoms. The first-order chi connectivity index (χ1) is 8.78. The fourth-order valence-electron chi connectivity index (χ4n) is 1.67. The van der Waals surface area contributed by atoms with E-state index < -0.39 is 0 Å². The highest BCUT2D eigenvalue weighted by Crippen LogP contribution is 2.13. The number of rotatable bonds is 5. The molecule has 2 rings (SSSR count). The first kappa shape index (κ1) is 12.8. The lowest BCUT2D eigenvalue weighted by atomic mass is 10.1. The number of halogens is 1. The third-order valence-electron chi connectivity index (χ3n) is 2.51. The molecule has 0 radical (unpaired) electrons. The molecule has 0 saturated carbocycles. The largest absolute Gasteiger partial charge is 0.370 e. The molecule has 0 unspecified atom stereocenters. The van der Waals surface area contributed by atoms with Crippen LogP contribution >= 0.6 is 11.6 Å². The number of hydrogen-bond acceptors (Lipinski definition) is 3. The van der Waals surface area contributed by atoms with E-state index in [2.05, 4.69) is 22.2 Å². The highest BCUT2D eigenvalue weighted by atomic mass is 35.5. The third-order valence-corrected chi connectivity index (χ3v) is 2.75. The van der Waals surface area contributed by atoms with Crippen molar-refractivity contribution in [1.29, 1.82) is 0 Å². The molecule has 1 aromatic carbocycles. The van der Waals surface area contributed by atoms with Crippen LogP contribution in [0.3, 0.4) is 0 Å². The minimum atomic E-state index is 0.697. The monoisotopic (exact) mass is 261 g/mol. The zero-order valence-corrected chi connectivity index (χ0v) is 11.1. The maximum absolute atomic E-state index is 5.96. The fraction of sp³-hybridized carbons (Fsp3) is 0.286. The van der Waals surface area contributed by atoms with E-state index in [1.807, 2.05) is 30.3 Å². The van der Waals surface area contributed by atoms with Crippen LogP contribution < -0.4 is 5.32 Å². The number of benzene rings is 1. The Kier molecular flexibility index (Phi) is 4.53. The number of hydrogen-bond donors (Lipinski definition) is 1. The smallest absolute Gasteiger partial charge is 0.135 e. The van der Waals surface area contributed by atoms with Crippen molar-refractivity contribution in [2.24, 2.45) is 0 Å². The van der Waals surface area contributed by atoms with Crippen molar-refractivity contribution in [3.05, 3.63) is 52.9 Å². The summed E-state index contributed by atoms with van der Waals surface area (Å²) in [6.07, 6.45) is 3.56. The first-order valence-corrected chi connectivity index (χ1v) is 6.46. The fourth-order valence-corrected chi connectivity index (χ4v) is 1.88. The van der Waals surface area contributed by atoms with Gasteiger partial charge < -0.3 is 5.32 Å². The molecule has 0 atom stereocenters. The summed E-state index contributed by atoms with van der Waals surface area (Å²) in [4.78, 5) is 8.75. The molecular weight excluding hydrogens is 246 g/mol. The van der Waals surface area contributed by atoms with Gasteiger partial charge in [0.15, 0.2) is 0 Å². The Hall–Kier alpha value is -1.61. The summed E-state index contributed by atoms with van der Waals surface area (Å²) < 4.78 is 0. The van der Waals surface area contributed by atoms with E-state index in [1.54, 1.807) is 6.20 Å². The van der Waals surface area contributed by atoms with Crippen LogP contribution in [-0.2, 0) is 6.42 Å². The van der Waals surface area contributed by atoms with Crippen LogP contribution in [0.25, 0.3) is 0 Å². The molecule has 0 aliphatic carbocycles. The van der Waals surface area contributed by atoms with E-state index >= 15 is 0 Å². The predicted octanol–water partition coefficient (Wildman–Crippen LogP) is 3.54. The molecule has 0 fully saturated rings. The van der Waals surface area contributed by atoms with Gasteiger partial charge in [0.05, 0.1) is 0 Å². The van der Waals surface area contributed by atoms with Gasteiger partial charge in [-0.05, 0) is 30.2 Å². The van der Waals surface area contributed by atoms with Gasteiger partial charge in [-0.3, -0.25) is 0 Å². The lowest BCUT2D eigenvalue weighted by Gasteiger charge is -2.06. The van der Waals surface area contributed by atoms with Crippen LogP contribution in [0.1, 0.15) is 24.7 Å². The second-order valence-electron chi connectivity index (χ2n) is 4.09. The van der Waals surface area contributed by atoms with E-state index in [0.717, 1.165) is 35.2 Å². The molecular formula is C14H16ClN3. The Balaban J connectivity index is 2.09. The molecule has 0 aliphatic rings. The molecule has 0 bridgehead atoms. The summed E-state index contributed by atoms with van der Waals surface area (Å²) in [5, 5.41) is 4.00. The van der Waals surface area contributed by atoms with Crippen LogP contribution in [0.4, 0.5) is 5.82 Å². The van der Waals surface area contributed by atoms with Crippen LogP contribution in [0, 0.1) is 0 Å². The molecule has 4 heteroatoms.